The number of nitrogens with zero attached hydrogens (tertiary/aromatic N) is 3. The minimum absolute atomic E-state index is 0.118. The summed E-state index contributed by atoms with van der Waals surface area (Å²) < 4.78 is 0. The van der Waals surface area contributed by atoms with Crippen LogP contribution in [0.3, 0.4) is 0 Å². The molecule has 1 aromatic heterocycles. The van der Waals surface area contributed by atoms with E-state index in [0.29, 0.717) is 17.5 Å². The van der Waals surface area contributed by atoms with E-state index in [4.69, 9.17) is 15.0 Å². The quantitative estimate of drug-likeness (QED) is 0.183. The molecule has 1 aliphatic rings. The summed E-state index contributed by atoms with van der Waals surface area (Å²) in [5, 5.41) is 9.85. The van der Waals surface area contributed by atoms with Gasteiger partial charge in [-0.25, -0.2) is 15.0 Å². The first kappa shape index (κ1) is 27.9. The molecule has 10 rings (SSSR count). The van der Waals surface area contributed by atoms with Crippen molar-refractivity contribution >= 4 is 43.1 Å². The van der Waals surface area contributed by atoms with Gasteiger partial charge in [-0.15, -0.1) is 0 Å². The van der Waals surface area contributed by atoms with Crippen LogP contribution in [0.15, 0.2) is 152 Å². The van der Waals surface area contributed by atoms with E-state index < -0.39 is 0 Å². The average Bonchev–Trinajstić information content (AvgIpc) is 3.40. The second kappa shape index (κ2) is 10.4. The molecular formula is C46H31N3. The first-order valence-corrected chi connectivity index (χ1v) is 16.9. The normalized spacial score (nSPS) is 13.3. The second-order valence-corrected chi connectivity index (χ2v) is 13.6. The van der Waals surface area contributed by atoms with Gasteiger partial charge in [0, 0.05) is 22.1 Å². The Kier molecular flexibility index (Phi) is 5.92. The van der Waals surface area contributed by atoms with Gasteiger partial charge in [-0.2, -0.15) is 0 Å². The van der Waals surface area contributed by atoms with Crippen LogP contribution in [0.5, 0.6) is 0 Å². The molecule has 0 atom stereocenters. The molecule has 0 saturated carbocycles. The van der Waals surface area contributed by atoms with Gasteiger partial charge in [0.25, 0.3) is 0 Å². The Hall–Kier alpha value is -6.19. The maximum absolute atomic E-state index is 5.29. The summed E-state index contributed by atoms with van der Waals surface area (Å²) in [6.07, 6.45) is 0. The molecule has 8 aromatic carbocycles. The van der Waals surface area contributed by atoms with Crippen molar-refractivity contribution in [1.29, 1.82) is 0 Å². The van der Waals surface area contributed by atoms with Crippen molar-refractivity contribution in [2.45, 2.75) is 19.3 Å². The molecule has 0 saturated heterocycles. The van der Waals surface area contributed by atoms with E-state index in [9.17, 15) is 0 Å². The van der Waals surface area contributed by atoms with Crippen LogP contribution in [0.25, 0.3) is 88.4 Å². The average molecular weight is 626 g/mol. The third-order valence-electron chi connectivity index (χ3n) is 10.5. The smallest absolute Gasteiger partial charge is 0.164 e. The van der Waals surface area contributed by atoms with E-state index in [-0.39, 0.29) is 5.41 Å². The minimum Gasteiger partial charge on any atom is -0.208 e. The lowest BCUT2D eigenvalue weighted by atomic mass is 9.82. The van der Waals surface area contributed by atoms with E-state index in [1.54, 1.807) is 0 Å². The highest BCUT2D eigenvalue weighted by Gasteiger charge is 2.37. The fraction of sp³-hybridized carbons (Fsp3) is 0.0652. The molecule has 0 N–H and O–H groups in total. The summed E-state index contributed by atoms with van der Waals surface area (Å²) in [4.78, 5) is 15.6. The fourth-order valence-corrected chi connectivity index (χ4v) is 8.14. The molecule has 9 aromatic rings. The highest BCUT2D eigenvalue weighted by Crippen LogP contribution is 2.51. The Balaban J connectivity index is 1.22. The lowest BCUT2D eigenvalue weighted by Crippen LogP contribution is -2.14. The van der Waals surface area contributed by atoms with Gasteiger partial charge in [0.15, 0.2) is 17.5 Å². The van der Waals surface area contributed by atoms with Crippen LogP contribution in [0.1, 0.15) is 25.0 Å². The Morgan fingerprint density at radius 3 is 1.67 bits per heavy atom. The van der Waals surface area contributed by atoms with Gasteiger partial charge in [0.1, 0.15) is 0 Å². The van der Waals surface area contributed by atoms with Crippen molar-refractivity contribution in [1.82, 2.24) is 15.0 Å². The minimum atomic E-state index is -0.118. The van der Waals surface area contributed by atoms with Gasteiger partial charge in [0.2, 0.25) is 0 Å². The molecule has 0 bridgehead atoms. The Bertz CT molecular complexity index is 2800. The molecule has 0 fully saturated rings. The van der Waals surface area contributed by atoms with E-state index in [0.717, 1.165) is 22.1 Å². The number of benzene rings is 8. The summed E-state index contributed by atoms with van der Waals surface area (Å²) in [6.45, 7) is 4.61. The molecular weight excluding hydrogens is 595 g/mol. The number of fused-ring (bicyclic) bond motifs is 10. The van der Waals surface area contributed by atoms with E-state index in [1.807, 2.05) is 18.2 Å². The Morgan fingerprint density at radius 1 is 0.347 bits per heavy atom. The summed E-state index contributed by atoms with van der Waals surface area (Å²) in [5.41, 5.74) is 7.95. The third-order valence-corrected chi connectivity index (χ3v) is 10.5. The molecule has 0 spiro atoms. The van der Waals surface area contributed by atoms with Crippen LogP contribution in [-0.4, -0.2) is 15.0 Å². The van der Waals surface area contributed by atoms with Crippen molar-refractivity contribution in [2.75, 3.05) is 0 Å². The molecule has 0 aliphatic heterocycles. The number of rotatable bonds is 3. The van der Waals surface area contributed by atoms with Crippen LogP contribution in [0, 0.1) is 0 Å². The third kappa shape index (κ3) is 4.12. The predicted octanol–water partition coefficient (Wildman–Crippen LogP) is 11.8. The summed E-state index contributed by atoms with van der Waals surface area (Å²) in [5.74, 6) is 2.02. The molecule has 1 heterocycles. The van der Waals surface area contributed by atoms with Crippen LogP contribution < -0.4 is 0 Å². The number of hydrogen-bond acceptors (Lipinski definition) is 3. The van der Waals surface area contributed by atoms with Crippen molar-refractivity contribution < 1.29 is 0 Å². The molecule has 0 radical (unpaired) electrons. The van der Waals surface area contributed by atoms with Gasteiger partial charge in [-0.1, -0.05) is 166 Å². The van der Waals surface area contributed by atoms with Gasteiger partial charge in [-0.3, -0.25) is 0 Å². The van der Waals surface area contributed by atoms with Crippen molar-refractivity contribution in [3.8, 4) is 45.3 Å². The van der Waals surface area contributed by atoms with Gasteiger partial charge in [-0.05, 0) is 65.3 Å². The van der Waals surface area contributed by atoms with Crippen LogP contribution >= 0.6 is 0 Å². The molecule has 230 valence electrons. The monoisotopic (exact) mass is 625 g/mol. The van der Waals surface area contributed by atoms with Crippen molar-refractivity contribution in [3.05, 3.63) is 163 Å². The molecule has 0 unspecified atom stereocenters. The first-order chi connectivity index (χ1) is 24.1. The van der Waals surface area contributed by atoms with Crippen LogP contribution in [0.4, 0.5) is 0 Å². The lowest BCUT2D eigenvalue weighted by Gasteiger charge is -2.21. The highest BCUT2D eigenvalue weighted by molar-refractivity contribution is 6.23. The zero-order valence-electron chi connectivity index (χ0n) is 27.3. The molecule has 3 heteroatoms. The molecule has 3 nitrogen and oxygen atoms in total. The molecule has 0 amide bonds. The zero-order chi connectivity index (χ0) is 32.7. The maximum atomic E-state index is 5.29. The van der Waals surface area contributed by atoms with Crippen LogP contribution in [-0.2, 0) is 5.41 Å². The lowest BCUT2D eigenvalue weighted by molar-refractivity contribution is 0.660. The summed E-state index contributed by atoms with van der Waals surface area (Å²) in [6, 6.07) is 54.2. The summed E-state index contributed by atoms with van der Waals surface area (Å²) >= 11 is 0. The van der Waals surface area contributed by atoms with E-state index >= 15 is 0 Å². The molecule has 1 aliphatic carbocycles. The Labute approximate surface area is 284 Å². The number of aromatic nitrogens is 3. The van der Waals surface area contributed by atoms with Gasteiger partial charge in [0.05, 0.1) is 0 Å². The number of hydrogen-bond donors (Lipinski definition) is 0. The van der Waals surface area contributed by atoms with E-state index in [1.165, 1.54) is 60.0 Å². The fourth-order valence-electron chi connectivity index (χ4n) is 8.14. The van der Waals surface area contributed by atoms with Gasteiger partial charge < -0.3 is 0 Å². The zero-order valence-corrected chi connectivity index (χ0v) is 27.3. The van der Waals surface area contributed by atoms with Crippen molar-refractivity contribution in [3.63, 3.8) is 0 Å². The Morgan fingerprint density at radius 2 is 0.857 bits per heavy atom. The van der Waals surface area contributed by atoms with Gasteiger partial charge >= 0.3 is 0 Å². The van der Waals surface area contributed by atoms with E-state index in [2.05, 4.69) is 147 Å². The van der Waals surface area contributed by atoms with Crippen LogP contribution in [0.2, 0.25) is 0 Å². The highest BCUT2D eigenvalue weighted by atomic mass is 15.0. The maximum Gasteiger partial charge on any atom is 0.164 e. The standard InChI is InChI=1S/C46H31N3/c1-46(2)40-20-9-8-16-38(40)42-39(19-11-21-41(42)46)45-48-43(29-13-4-3-5-14-29)47-44(49-45)37-18-10-17-31-34-25-24-32-30-15-7-6-12-28(30)22-23-33(32)35(34)26-27-36(31)37/h3-27H,1-2H3. The predicted molar refractivity (Wildman–Crippen MR) is 204 cm³/mol. The topological polar surface area (TPSA) is 38.7 Å². The SMILES string of the molecule is CC1(C)c2ccccc2-c2c(-c3nc(-c4ccccc4)nc(-c4cccc5c4ccc4c5ccc5c6ccccc6ccc54)n3)cccc21. The molecule has 49 heavy (non-hydrogen) atoms. The second-order valence-electron chi connectivity index (χ2n) is 13.6. The largest absolute Gasteiger partial charge is 0.208 e. The summed E-state index contributed by atoms with van der Waals surface area (Å²) in [7, 11) is 0. The van der Waals surface area contributed by atoms with Crippen molar-refractivity contribution in [2.24, 2.45) is 0 Å². The first-order valence-electron chi connectivity index (χ1n) is 16.9.